The van der Waals surface area contributed by atoms with Crippen LogP contribution in [0.5, 0.6) is 0 Å². The molecule has 0 saturated carbocycles. The minimum absolute atomic E-state index is 0.0550. The molecule has 0 fully saturated rings. The van der Waals surface area contributed by atoms with Crippen molar-refractivity contribution in [2.45, 2.75) is 19.9 Å². The molecule has 2 rings (SSSR count). The van der Waals surface area contributed by atoms with Gasteiger partial charge in [0.15, 0.2) is 0 Å². The lowest BCUT2D eigenvalue weighted by molar-refractivity contribution is 0.626. The fourth-order valence-corrected chi connectivity index (χ4v) is 2.23. The Morgan fingerprint density at radius 3 is 2.20 bits per heavy atom. The minimum Gasteiger partial charge on any atom is -0.370 e. The third-order valence-electron chi connectivity index (χ3n) is 3.50. The van der Waals surface area contributed by atoms with Crippen LogP contribution >= 0.6 is 0 Å². The van der Waals surface area contributed by atoms with Crippen LogP contribution in [0.3, 0.4) is 0 Å². The van der Waals surface area contributed by atoms with Crippen LogP contribution in [-0.2, 0) is 0 Å². The van der Waals surface area contributed by atoms with Crippen LogP contribution in [0.4, 0.5) is 10.1 Å². The average Bonchev–Trinajstić information content (AvgIpc) is 2.46. The highest BCUT2D eigenvalue weighted by Crippen LogP contribution is 2.19. The Morgan fingerprint density at radius 1 is 1.05 bits per heavy atom. The molecule has 20 heavy (non-hydrogen) atoms. The second kappa shape index (κ2) is 6.53. The largest absolute Gasteiger partial charge is 0.370 e. The van der Waals surface area contributed by atoms with Crippen LogP contribution < -0.4 is 10.6 Å². The molecule has 1 unspecified atom stereocenters. The topological polar surface area (TPSA) is 29.3 Å². The van der Waals surface area contributed by atoms with Crippen LogP contribution in [0.1, 0.15) is 24.1 Å². The molecule has 0 heterocycles. The van der Waals surface area contributed by atoms with Crippen molar-refractivity contribution in [3.05, 3.63) is 65.5 Å². The monoisotopic (exact) mass is 272 g/mol. The highest BCUT2D eigenvalue weighted by molar-refractivity contribution is 5.46. The van der Waals surface area contributed by atoms with Crippen molar-refractivity contribution in [1.29, 1.82) is 0 Å². The maximum absolute atomic E-state index is 13.0. The lowest BCUT2D eigenvalue weighted by atomic mass is 10.1. The van der Waals surface area contributed by atoms with Gasteiger partial charge < -0.3 is 10.6 Å². The van der Waals surface area contributed by atoms with E-state index >= 15 is 0 Å². The van der Waals surface area contributed by atoms with Gasteiger partial charge in [-0.05, 0) is 43.7 Å². The van der Waals surface area contributed by atoms with E-state index in [1.165, 1.54) is 17.7 Å². The van der Waals surface area contributed by atoms with Crippen molar-refractivity contribution in [3.8, 4) is 0 Å². The standard InChI is InChI=1S/C17H21FN2/c1-3-20(16-10-8-15(18)9-11-16)12-17(19)14-6-4-13(2)5-7-14/h4-11,17H,3,12,19H2,1-2H3. The molecule has 106 valence electrons. The fourth-order valence-electron chi connectivity index (χ4n) is 2.23. The molecule has 0 aliphatic heterocycles. The Kier molecular flexibility index (Phi) is 4.74. The third kappa shape index (κ3) is 3.58. The van der Waals surface area contributed by atoms with Gasteiger partial charge >= 0.3 is 0 Å². The predicted molar refractivity (Wildman–Crippen MR) is 82.4 cm³/mol. The van der Waals surface area contributed by atoms with E-state index in [1.54, 1.807) is 12.1 Å². The molecule has 0 amide bonds. The SMILES string of the molecule is CCN(CC(N)c1ccc(C)cc1)c1ccc(F)cc1. The van der Waals surface area contributed by atoms with Crippen molar-refractivity contribution >= 4 is 5.69 Å². The number of likely N-dealkylation sites (N-methyl/N-ethyl adjacent to an activating group) is 1. The summed E-state index contributed by atoms with van der Waals surface area (Å²) in [6, 6.07) is 14.8. The number of rotatable bonds is 5. The number of aryl methyl sites for hydroxylation is 1. The molecule has 2 aromatic rings. The second-order valence-corrected chi connectivity index (χ2v) is 5.03. The number of benzene rings is 2. The van der Waals surface area contributed by atoms with Gasteiger partial charge in [0.25, 0.3) is 0 Å². The van der Waals surface area contributed by atoms with Gasteiger partial charge in [-0.25, -0.2) is 4.39 Å². The minimum atomic E-state index is -0.215. The number of hydrogen-bond donors (Lipinski definition) is 1. The number of nitrogens with zero attached hydrogens (tertiary/aromatic N) is 1. The Labute approximate surface area is 120 Å². The molecule has 0 saturated heterocycles. The average molecular weight is 272 g/mol. The summed E-state index contributed by atoms with van der Waals surface area (Å²) in [5, 5.41) is 0. The van der Waals surface area contributed by atoms with Crippen LogP contribution in [0, 0.1) is 12.7 Å². The maximum Gasteiger partial charge on any atom is 0.123 e. The predicted octanol–water partition coefficient (Wildman–Crippen LogP) is 3.66. The lowest BCUT2D eigenvalue weighted by Crippen LogP contribution is -2.32. The summed E-state index contributed by atoms with van der Waals surface area (Å²) in [4.78, 5) is 2.16. The molecule has 2 nitrogen and oxygen atoms in total. The van der Waals surface area contributed by atoms with Gasteiger partial charge in [-0.3, -0.25) is 0 Å². The van der Waals surface area contributed by atoms with Crippen molar-refractivity contribution in [1.82, 2.24) is 0 Å². The lowest BCUT2D eigenvalue weighted by Gasteiger charge is -2.26. The van der Waals surface area contributed by atoms with E-state index in [1.807, 2.05) is 0 Å². The molecule has 2 N–H and O–H groups in total. The normalized spacial score (nSPS) is 12.2. The summed E-state index contributed by atoms with van der Waals surface area (Å²) in [5.74, 6) is -0.215. The first kappa shape index (κ1) is 14.5. The third-order valence-corrected chi connectivity index (χ3v) is 3.50. The highest BCUT2D eigenvalue weighted by Gasteiger charge is 2.11. The zero-order valence-corrected chi connectivity index (χ0v) is 12.0. The van der Waals surface area contributed by atoms with E-state index in [9.17, 15) is 4.39 Å². The van der Waals surface area contributed by atoms with E-state index in [4.69, 9.17) is 5.73 Å². The number of anilines is 1. The van der Waals surface area contributed by atoms with Crippen molar-refractivity contribution in [2.24, 2.45) is 5.73 Å². The Morgan fingerprint density at radius 2 is 1.65 bits per heavy atom. The van der Waals surface area contributed by atoms with Crippen molar-refractivity contribution < 1.29 is 4.39 Å². The molecule has 0 spiro atoms. The van der Waals surface area contributed by atoms with Gasteiger partial charge in [0, 0.05) is 24.8 Å². The quantitative estimate of drug-likeness (QED) is 0.900. The molecule has 3 heteroatoms. The first-order valence-electron chi connectivity index (χ1n) is 6.93. The molecule has 0 aromatic heterocycles. The van der Waals surface area contributed by atoms with E-state index < -0.39 is 0 Å². The van der Waals surface area contributed by atoms with Crippen LogP contribution in [-0.4, -0.2) is 13.1 Å². The molecule has 0 aliphatic rings. The van der Waals surface area contributed by atoms with Crippen molar-refractivity contribution in [3.63, 3.8) is 0 Å². The molecule has 0 radical (unpaired) electrons. The van der Waals surface area contributed by atoms with Crippen LogP contribution in [0.2, 0.25) is 0 Å². The van der Waals surface area contributed by atoms with Gasteiger partial charge in [-0.1, -0.05) is 29.8 Å². The molecular formula is C17H21FN2. The van der Waals surface area contributed by atoms with Gasteiger partial charge in [0.05, 0.1) is 0 Å². The summed E-state index contributed by atoms with van der Waals surface area (Å²) < 4.78 is 13.0. The van der Waals surface area contributed by atoms with Crippen molar-refractivity contribution in [2.75, 3.05) is 18.0 Å². The number of hydrogen-bond acceptors (Lipinski definition) is 2. The van der Waals surface area contributed by atoms with Gasteiger partial charge in [0.2, 0.25) is 0 Å². The summed E-state index contributed by atoms with van der Waals surface area (Å²) in [6.45, 7) is 5.69. The molecular weight excluding hydrogens is 251 g/mol. The highest BCUT2D eigenvalue weighted by atomic mass is 19.1. The molecule has 2 aromatic carbocycles. The Hall–Kier alpha value is -1.87. The second-order valence-electron chi connectivity index (χ2n) is 5.03. The summed E-state index contributed by atoms with van der Waals surface area (Å²) in [5.41, 5.74) is 9.62. The Balaban J connectivity index is 2.09. The van der Waals surface area contributed by atoms with Crippen LogP contribution in [0.15, 0.2) is 48.5 Å². The van der Waals surface area contributed by atoms with E-state index in [0.29, 0.717) is 6.54 Å². The summed E-state index contributed by atoms with van der Waals surface area (Å²) >= 11 is 0. The zero-order chi connectivity index (χ0) is 14.5. The van der Waals surface area contributed by atoms with Gasteiger partial charge in [0.1, 0.15) is 5.82 Å². The van der Waals surface area contributed by atoms with Gasteiger partial charge in [-0.15, -0.1) is 0 Å². The van der Waals surface area contributed by atoms with E-state index in [0.717, 1.165) is 17.8 Å². The summed E-state index contributed by atoms with van der Waals surface area (Å²) in [7, 11) is 0. The fraction of sp³-hybridized carbons (Fsp3) is 0.294. The van der Waals surface area contributed by atoms with E-state index in [2.05, 4.69) is 43.0 Å². The smallest absolute Gasteiger partial charge is 0.123 e. The van der Waals surface area contributed by atoms with Crippen LogP contribution in [0.25, 0.3) is 0 Å². The van der Waals surface area contributed by atoms with Gasteiger partial charge in [-0.2, -0.15) is 0 Å². The molecule has 1 atom stereocenters. The maximum atomic E-state index is 13.0. The molecule has 0 aliphatic carbocycles. The number of nitrogens with two attached hydrogens (primary N) is 1. The number of halogens is 1. The van der Waals surface area contributed by atoms with E-state index in [-0.39, 0.29) is 11.9 Å². The first-order valence-corrected chi connectivity index (χ1v) is 6.93. The Bertz CT molecular complexity index is 534. The zero-order valence-electron chi connectivity index (χ0n) is 12.0. The first-order chi connectivity index (χ1) is 9.60. The molecule has 0 bridgehead atoms. The summed E-state index contributed by atoms with van der Waals surface area (Å²) in [6.07, 6.45) is 0.